The largest absolute Gasteiger partial charge is 0.497 e. The van der Waals surface area contributed by atoms with Gasteiger partial charge in [-0.3, -0.25) is 4.79 Å². The number of alkyl halides is 3. The van der Waals surface area contributed by atoms with Crippen LogP contribution in [0.3, 0.4) is 0 Å². The Morgan fingerprint density at radius 3 is 2.00 bits per heavy atom. The van der Waals surface area contributed by atoms with E-state index in [9.17, 15) is 18.0 Å². The third-order valence-electron chi connectivity index (χ3n) is 3.28. The second kappa shape index (κ2) is 7.25. The standard InChI is InChI=1S/C17H16F3NO3/c1-23-14-8-13(9-15(10-14)24-2)21-16(22)7-11-3-5-12(6-4-11)17(18,19)20/h3-6,8-10H,7H2,1-2H3,(H,21,22). The van der Waals surface area contributed by atoms with Crippen LogP contribution < -0.4 is 14.8 Å². The van der Waals surface area contributed by atoms with Gasteiger partial charge < -0.3 is 14.8 Å². The van der Waals surface area contributed by atoms with E-state index in [2.05, 4.69) is 5.32 Å². The van der Waals surface area contributed by atoms with Crippen LogP contribution >= 0.6 is 0 Å². The normalized spacial score (nSPS) is 11.0. The van der Waals surface area contributed by atoms with E-state index in [4.69, 9.17) is 9.47 Å². The molecule has 0 unspecified atom stereocenters. The molecule has 2 aromatic rings. The van der Waals surface area contributed by atoms with Crippen molar-refractivity contribution < 1.29 is 27.4 Å². The van der Waals surface area contributed by atoms with Gasteiger partial charge in [-0.05, 0) is 17.7 Å². The number of methoxy groups -OCH3 is 2. The summed E-state index contributed by atoms with van der Waals surface area (Å²) in [4.78, 5) is 12.0. The smallest absolute Gasteiger partial charge is 0.416 e. The van der Waals surface area contributed by atoms with Crippen molar-refractivity contribution in [1.29, 1.82) is 0 Å². The van der Waals surface area contributed by atoms with E-state index < -0.39 is 11.7 Å². The molecule has 7 heteroatoms. The molecule has 1 N–H and O–H groups in total. The minimum atomic E-state index is -4.39. The lowest BCUT2D eigenvalue weighted by Gasteiger charge is -2.10. The zero-order valence-corrected chi connectivity index (χ0v) is 13.1. The van der Waals surface area contributed by atoms with E-state index in [-0.39, 0.29) is 12.3 Å². The zero-order valence-electron chi connectivity index (χ0n) is 13.1. The van der Waals surface area contributed by atoms with Crippen LogP contribution in [0, 0.1) is 0 Å². The molecule has 128 valence electrons. The van der Waals surface area contributed by atoms with Crippen molar-refractivity contribution in [3.05, 3.63) is 53.6 Å². The monoisotopic (exact) mass is 339 g/mol. The number of ether oxygens (including phenoxy) is 2. The highest BCUT2D eigenvalue weighted by molar-refractivity contribution is 5.92. The summed E-state index contributed by atoms with van der Waals surface area (Å²) < 4.78 is 47.7. The number of anilines is 1. The molecule has 0 saturated heterocycles. The van der Waals surface area contributed by atoms with Crippen LogP contribution in [0.25, 0.3) is 0 Å². The van der Waals surface area contributed by atoms with Crippen molar-refractivity contribution in [1.82, 2.24) is 0 Å². The number of amides is 1. The molecule has 24 heavy (non-hydrogen) atoms. The van der Waals surface area contributed by atoms with Crippen LogP contribution in [0.1, 0.15) is 11.1 Å². The number of nitrogens with one attached hydrogen (secondary N) is 1. The molecule has 0 heterocycles. The number of carbonyl (C=O) groups is 1. The lowest BCUT2D eigenvalue weighted by Crippen LogP contribution is -2.14. The topological polar surface area (TPSA) is 47.6 Å². The van der Waals surface area contributed by atoms with E-state index in [1.807, 2.05) is 0 Å². The molecule has 4 nitrogen and oxygen atoms in total. The maximum absolute atomic E-state index is 12.5. The highest BCUT2D eigenvalue weighted by atomic mass is 19.4. The van der Waals surface area contributed by atoms with Gasteiger partial charge in [0.1, 0.15) is 11.5 Å². The zero-order chi connectivity index (χ0) is 17.7. The number of hydrogen-bond donors (Lipinski definition) is 1. The number of halogens is 3. The maximum Gasteiger partial charge on any atom is 0.416 e. The number of rotatable bonds is 5. The average Bonchev–Trinajstić information content (AvgIpc) is 2.53. The van der Waals surface area contributed by atoms with Gasteiger partial charge in [0.05, 0.1) is 26.2 Å². The first-order valence-corrected chi connectivity index (χ1v) is 7.01. The Balaban J connectivity index is 2.05. The highest BCUT2D eigenvalue weighted by Gasteiger charge is 2.29. The first-order valence-electron chi connectivity index (χ1n) is 7.01. The molecule has 2 rings (SSSR count). The van der Waals surface area contributed by atoms with Crippen molar-refractivity contribution in [2.45, 2.75) is 12.6 Å². The number of carbonyl (C=O) groups excluding carboxylic acids is 1. The quantitative estimate of drug-likeness (QED) is 0.899. The van der Waals surface area contributed by atoms with Gasteiger partial charge in [0.2, 0.25) is 5.91 Å². The summed E-state index contributed by atoms with van der Waals surface area (Å²) in [7, 11) is 2.98. The minimum Gasteiger partial charge on any atom is -0.497 e. The fourth-order valence-corrected chi connectivity index (χ4v) is 2.08. The van der Waals surface area contributed by atoms with Crippen LogP contribution in [0.5, 0.6) is 11.5 Å². The summed E-state index contributed by atoms with van der Waals surface area (Å²) >= 11 is 0. The van der Waals surface area contributed by atoms with Gasteiger partial charge in [0.25, 0.3) is 0 Å². The minimum absolute atomic E-state index is 0.0440. The average molecular weight is 339 g/mol. The van der Waals surface area contributed by atoms with Gasteiger partial charge in [0.15, 0.2) is 0 Å². The van der Waals surface area contributed by atoms with Crippen LogP contribution in [-0.4, -0.2) is 20.1 Å². The highest BCUT2D eigenvalue weighted by Crippen LogP contribution is 2.29. The predicted octanol–water partition coefficient (Wildman–Crippen LogP) is 3.90. The predicted molar refractivity (Wildman–Crippen MR) is 83.3 cm³/mol. The maximum atomic E-state index is 12.5. The first-order chi connectivity index (χ1) is 11.3. The van der Waals surface area contributed by atoms with Crippen molar-refractivity contribution >= 4 is 11.6 Å². The number of hydrogen-bond acceptors (Lipinski definition) is 3. The molecule has 0 aliphatic rings. The van der Waals surface area contributed by atoms with E-state index in [0.29, 0.717) is 22.7 Å². The third kappa shape index (κ3) is 4.65. The SMILES string of the molecule is COc1cc(NC(=O)Cc2ccc(C(F)(F)F)cc2)cc(OC)c1. The fourth-order valence-electron chi connectivity index (χ4n) is 2.08. The molecule has 0 bridgehead atoms. The molecule has 0 aromatic heterocycles. The van der Waals surface area contributed by atoms with Gasteiger partial charge >= 0.3 is 6.18 Å². The molecule has 0 fully saturated rings. The van der Waals surface area contributed by atoms with E-state index in [1.165, 1.54) is 26.4 Å². The third-order valence-corrected chi connectivity index (χ3v) is 3.28. The first kappa shape index (κ1) is 17.7. The molecular formula is C17H16F3NO3. The molecule has 0 aliphatic carbocycles. The molecular weight excluding hydrogens is 323 g/mol. The molecule has 1 amide bonds. The van der Waals surface area contributed by atoms with Gasteiger partial charge in [0, 0.05) is 23.9 Å². The Hall–Kier alpha value is -2.70. The Morgan fingerprint density at radius 1 is 1.00 bits per heavy atom. The summed E-state index contributed by atoms with van der Waals surface area (Å²) in [5.74, 6) is 0.670. The lowest BCUT2D eigenvalue weighted by molar-refractivity contribution is -0.137. The summed E-state index contributed by atoms with van der Waals surface area (Å²) in [5, 5.41) is 2.66. The Bertz CT molecular complexity index is 690. The van der Waals surface area contributed by atoms with Gasteiger partial charge in [-0.15, -0.1) is 0 Å². The van der Waals surface area contributed by atoms with E-state index in [0.717, 1.165) is 12.1 Å². The number of benzene rings is 2. The van der Waals surface area contributed by atoms with Crippen LogP contribution in [0.15, 0.2) is 42.5 Å². The molecule has 0 spiro atoms. The van der Waals surface area contributed by atoms with Crippen molar-refractivity contribution in [2.75, 3.05) is 19.5 Å². The summed E-state index contributed by atoms with van der Waals surface area (Å²) in [5.41, 5.74) is 0.211. The van der Waals surface area contributed by atoms with Crippen LogP contribution in [-0.2, 0) is 17.4 Å². The van der Waals surface area contributed by atoms with Crippen molar-refractivity contribution in [2.24, 2.45) is 0 Å². The second-order valence-corrected chi connectivity index (χ2v) is 5.02. The summed E-state index contributed by atoms with van der Waals surface area (Å²) in [6.07, 6.45) is -4.43. The Labute approximate surface area is 137 Å². The summed E-state index contributed by atoms with van der Waals surface area (Å²) in [6.45, 7) is 0. The van der Waals surface area contributed by atoms with Gasteiger partial charge in [-0.1, -0.05) is 12.1 Å². The van der Waals surface area contributed by atoms with Gasteiger partial charge in [-0.2, -0.15) is 13.2 Å². The Kier molecular flexibility index (Phi) is 5.33. The molecule has 0 atom stereocenters. The second-order valence-electron chi connectivity index (χ2n) is 5.02. The van der Waals surface area contributed by atoms with Crippen LogP contribution in [0.2, 0.25) is 0 Å². The molecule has 0 saturated carbocycles. The van der Waals surface area contributed by atoms with Crippen molar-refractivity contribution in [3.8, 4) is 11.5 Å². The molecule has 2 aromatic carbocycles. The van der Waals surface area contributed by atoms with Crippen LogP contribution in [0.4, 0.5) is 18.9 Å². The summed E-state index contributed by atoms with van der Waals surface area (Å²) in [6, 6.07) is 9.38. The molecule has 0 radical (unpaired) electrons. The fraction of sp³-hybridized carbons (Fsp3) is 0.235. The van der Waals surface area contributed by atoms with Gasteiger partial charge in [-0.25, -0.2) is 0 Å². The van der Waals surface area contributed by atoms with Crippen molar-refractivity contribution in [3.63, 3.8) is 0 Å². The van der Waals surface area contributed by atoms with E-state index in [1.54, 1.807) is 18.2 Å². The Morgan fingerprint density at radius 2 is 1.54 bits per heavy atom. The lowest BCUT2D eigenvalue weighted by atomic mass is 10.1. The van der Waals surface area contributed by atoms with E-state index >= 15 is 0 Å². The molecule has 0 aliphatic heterocycles.